The van der Waals surface area contributed by atoms with Gasteiger partial charge in [0, 0.05) is 19.1 Å². The van der Waals surface area contributed by atoms with Crippen LogP contribution in [-0.2, 0) is 4.79 Å². The van der Waals surface area contributed by atoms with Crippen LogP contribution in [0.5, 0.6) is 0 Å². The first-order valence-corrected chi connectivity index (χ1v) is 7.61. The molecule has 0 radical (unpaired) electrons. The summed E-state index contributed by atoms with van der Waals surface area (Å²) in [5, 5.41) is 12.7. The standard InChI is InChI=1S/C15H31N3O2/c1-12(2)16-15(3,14(19)20)11-18-8-6-13(7-9-18)10-17(4)5/h12-13,16H,6-11H2,1-5H3,(H,19,20). The zero-order valence-corrected chi connectivity index (χ0v) is 13.6. The molecular weight excluding hydrogens is 254 g/mol. The first-order valence-electron chi connectivity index (χ1n) is 7.61. The molecule has 1 fully saturated rings. The molecule has 1 rings (SSSR count). The molecule has 20 heavy (non-hydrogen) atoms. The van der Waals surface area contributed by atoms with Gasteiger partial charge in [-0.05, 0) is 66.7 Å². The SMILES string of the molecule is CC(C)NC(C)(CN1CCC(CN(C)C)CC1)C(=O)O. The van der Waals surface area contributed by atoms with Gasteiger partial charge in [0.05, 0.1) is 0 Å². The van der Waals surface area contributed by atoms with E-state index in [1.165, 1.54) is 0 Å². The van der Waals surface area contributed by atoms with Crippen LogP contribution < -0.4 is 5.32 Å². The summed E-state index contributed by atoms with van der Waals surface area (Å²) in [5.74, 6) is -0.0167. The number of piperidine rings is 1. The van der Waals surface area contributed by atoms with Crippen LogP contribution in [-0.4, -0.2) is 72.7 Å². The second-order valence-corrected chi connectivity index (χ2v) is 6.92. The van der Waals surface area contributed by atoms with Gasteiger partial charge in [0.15, 0.2) is 0 Å². The number of rotatable bonds is 7. The Morgan fingerprint density at radius 2 is 1.95 bits per heavy atom. The Hall–Kier alpha value is -0.650. The summed E-state index contributed by atoms with van der Waals surface area (Å²) in [6, 6.07) is 0.169. The summed E-state index contributed by atoms with van der Waals surface area (Å²) in [5.41, 5.74) is -0.859. The lowest BCUT2D eigenvalue weighted by molar-refractivity contribution is -0.145. The van der Waals surface area contributed by atoms with E-state index in [1.807, 2.05) is 13.8 Å². The highest BCUT2D eigenvalue weighted by molar-refractivity contribution is 5.78. The van der Waals surface area contributed by atoms with Crippen LogP contribution in [0.4, 0.5) is 0 Å². The minimum Gasteiger partial charge on any atom is -0.480 e. The summed E-state index contributed by atoms with van der Waals surface area (Å²) in [6.07, 6.45) is 2.32. The average molecular weight is 285 g/mol. The molecule has 0 saturated carbocycles. The minimum absolute atomic E-state index is 0.169. The number of nitrogens with zero attached hydrogens (tertiary/aromatic N) is 2. The van der Waals surface area contributed by atoms with Crippen molar-refractivity contribution >= 4 is 5.97 Å². The summed E-state index contributed by atoms with van der Waals surface area (Å²) < 4.78 is 0. The third-order valence-corrected chi connectivity index (χ3v) is 3.95. The molecule has 1 aliphatic heterocycles. The van der Waals surface area contributed by atoms with Crippen molar-refractivity contribution in [1.29, 1.82) is 0 Å². The average Bonchev–Trinajstić information content (AvgIpc) is 2.29. The largest absolute Gasteiger partial charge is 0.480 e. The van der Waals surface area contributed by atoms with E-state index >= 15 is 0 Å². The molecule has 2 N–H and O–H groups in total. The number of aliphatic carboxylic acids is 1. The highest BCUT2D eigenvalue weighted by Gasteiger charge is 2.36. The van der Waals surface area contributed by atoms with Crippen molar-refractivity contribution in [2.24, 2.45) is 5.92 Å². The van der Waals surface area contributed by atoms with Crippen molar-refractivity contribution in [2.45, 2.75) is 45.2 Å². The maximum Gasteiger partial charge on any atom is 0.324 e. The zero-order valence-electron chi connectivity index (χ0n) is 13.6. The quantitative estimate of drug-likeness (QED) is 0.734. The molecule has 5 nitrogen and oxygen atoms in total. The predicted molar refractivity (Wildman–Crippen MR) is 82.0 cm³/mol. The minimum atomic E-state index is -0.859. The highest BCUT2D eigenvalue weighted by atomic mass is 16.4. The van der Waals surface area contributed by atoms with Gasteiger partial charge < -0.3 is 14.9 Å². The molecule has 1 aliphatic rings. The second kappa shape index (κ2) is 7.38. The van der Waals surface area contributed by atoms with E-state index in [-0.39, 0.29) is 6.04 Å². The highest BCUT2D eigenvalue weighted by Crippen LogP contribution is 2.20. The third-order valence-electron chi connectivity index (χ3n) is 3.95. The summed E-state index contributed by atoms with van der Waals surface area (Å²) in [6.45, 7) is 9.49. The van der Waals surface area contributed by atoms with E-state index in [9.17, 15) is 9.90 Å². The van der Waals surface area contributed by atoms with Gasteiger partial charge in [-0.1, -0.05) is 0 Å². The molecule has 0 amide bonds. The molecule has 0 aliphatic carbocycles. The van der Waals surface area contributed by atoms with Crippen molar-refractivity contribution in [2.75, 3.05) is 40.3 Å². The van der Waals surface area contributed by atoms with Crippen molar-refractivity contribution in [3.63, 3.8) is 0 Å². The number of carbonyl (C=O) groups is 1. The fourth-order valence-corrected chi connectivity index (χ4v) is 3.10. The Morgan fingerprint density at radius 1 is 1.40 bits per heavy atom. The van der Waals surface area contributed by atoms with Gasteiger partial charge in [0.1, 0.15) is 5.54 Å². The van der Waals surface area contributed by atoms with Gasteiger partial charge >= 0.3 is 5.97 Å². The number of hydrogen-bond acceptors (Lipinski definition) is 4. The van der Waals surface area contributed by atoms with E-state index < -0.39 is 11.5 Å². The third kappa shape index (κ3) is 5.38. The van der Waals surface area contributed by atoms with Crippen LogP contribution in [0.25, 0.3) is 0 Å². The number of carboxylic acid groups (broad SMARTS) is 1. The lowest BCUT2D eigenvalue weighted by Gasteiger charge is -2.38. The fourth-order valence-electron chi connectivity index (χ4n) is 3.10. The lowest BCUT2D eigenvalue weighted by atomic mass is 9.93. The van der Waals surface area contributed by atoms with Gasteiger partial charge in [-0.2, -0.15) is 0 Å². The van der Waals surface area contributed by atoms with Gasteiger partial charge in [0.25, 0.3) is 0 Å². The van der Waals surface area contributed by atoms with E-state index in [2.05, 4.69) is 29.2 Å². The number of likely N-dealkylation sites (tertiary alicyclic amines) is 1. The zero-order chi connectivity index (χ0) is 15.3. The van der Waals surface area contributed by atoms with Gasteiger partial charge in [-0.15, -0.1) is 0 Å². The molecule has 1 atom stereocenters. The molecule has 0 bridgehead atoms. The van der Waals surface area contributed by atoms with E-state index in [0.717, 1.165) is 38.4 Å². The van der Waals surface area contributed by atoms with Crippen LogP contribution in [0.3, 0.4) is 0 Å². The fraction of sp³-hybridized carbons (Fsp3) is 0.933. The van der Waals surface area contributed by atoms with Crippen molar-refractivity contribution in [1.82, 2.24) is 15.1 Å². The maximum absolute atomic E-state index is 11.5. The smallest absolute Gasteiger partial charge is 0.324 e. The van der Waals surface area contributed by atoms with Gasteiger partial charge in [0.2, 0.25) is 0 Å². The molecule has 1 saturated heterocycles. The van der Waals surface area contributed by atoms with Crippen LogP contribution >= 0.6 is 0 Å². The van der Waals surface area contributed by atoms with Gasteiger partial charge in [-0.25, -0.2) is 0 Å². The van der Waals surface area contributed by atoms with Crippen molar-refractivity contribution < 1.29 is 9.90 Å². The van der Waals surface area contributed by atoms with Crippen molar-refractivity contribution in [3.8, 4) is 0 Å². The van der Waals surface area contributed by atoms with E-state index in [0.29, 0.717) is 6.54 Å². The first kappa shape index (κ1) is 17.4. The molecule has 0 aromatic heterocycles. The molecular formula is C15H31N3O2. The van der Waals surface area contributed by atoms with Crippen LogP contribution in [0, 0.1) is 5.92 Å². The Balaban J connectivity index is 2.50. The predicted octanol–water partition coefficient (Wildman–Crippen LogP) is 1.10. The number of carboxylic acids is 1. The Bertz CT molecular complexity index is 312. The molecule has 0 spiro atoms. The van der Waals surface area contributed by atoms with E-state index in [4.69, 9.17) is 0 Å². The van der Waals surface area contributed by atoms with Crippen LogP contribution in [0.2, 0.25) is 0 Å². The first-order chi connectivity index (χ1) is 9.23. The van der Waals surface area contributed by atoms with Gasteiger partial charge in [-0.3, -0.25) is 10.1 Å². The summed E-state index contributed by atoms with van der Waals surface area (Å²) in [7, 11) is 4.22. The number of hydrogen-bond donors (Lipinski definition) is 2. The molecule has 118 valence electrons. The Kier molecular flexibility index (Phi) is 6.43. The maximum atomic E-state index is 11.5. The topological polar surface area (TPSA) is 55.8 Å². The summed E-state index contributed by atoms with van der Waals surface area (Å²) >= 11 is 0. The molecule has 5 heteroatoms. The van der Waals surface area contributed by atoms with Crippen LogP contribution in [0.1, 0.15) is 33.6 Å². The second-order valence-electron chi connectivity index (χ2n) is 6.92. The molecule has 0 aromatic carbocycles. The van der Waals surface area contributed by atoms with Crippen LogP contribution in [0.15, 0.2) is 0 Å². The molecule has 0 aromatic rings. The molecule has 1 unspecified atom stereocenters. The van der Waals surface area contributed by atoms with Crippen molar-refractivity contribution in [3.05, 3.63) is 0 Å². The van der Waals surface area contributed by atoms with E-state index in [1.54, 1.807) is 6.92 Å². The molecule has 1 heterocycles. The normalized spacial score (nSPS) is 21.4. The number of nitrogens with one attached hydrogen (secondary N) is 1. The lowest BCUT2D eigenvalue weighted by Crippen LogP contribution is -2.59. The monoisotopic (exact) mass is 285 g/mol. The summed E-state index contributed by atoms with van der Waals surface area (Å²) in [4.78, 5) is 16.1. The Labute approximate surface area is 123 Å². The Morgan fingerprint density at radius 3 is 2.35 bits per heavy atom.